The predicted octanol–water partition coefficient (Wildman–Crippen LogP) is 3.47. The number of hydrogen-bond acceptors (Lipinski definition) is 9. The molecule has 10 heteroatoms. The van der Waals surface area contributed by atoms with E-state index in [0.717, 1.165) is 6.07 Å². The zero-order valence-electron chi connectivity index (χ0n) is 14.9. The van der Waals surface area contributed by atoms with Gasteiger partial charge in [0.15, 0.2) is 11.5 Å². The molecule has 0 aliphatic rings. The van der Waals surface area contributed by atoms with Crippen molar-refractivity contribution < 1.29 is 29.7 Å². The number of carbonyl (C=O) groups excluding carboxylic acids is 1. The summed E-state index contributed by atoms with van der Waals surface area (Å²) in [5.41, 5.74) is 0.383. The lowest BCUT2D eigenvalue weighted by atomic mass is 10.1. The van der Waals surface area contributed by atoms with Gasteiger partial charge in [-0.1, -0.05) is 5.16 Å². The van der Waals surface area contributed by atoms with Gasteiger partial charge in [-0.2, -0.15) is 0 Å². The van der Waals surface area contributed by atoms with Crippen molar-refractivity contribution in [2.75, 3.05) is 14.1 Å². The van der Waals surface area contributed by atoms with Crippen LogP contribution in [0.2, 0.25) is 0 Å². The van der Waals surface area contributed by atoms with Crippen LogP contribution in [0.1, 0.15) is 10.5 Å². The van der Waals surface area contributed by atoms with Crippen molar-refractivity contribution in [3.05, 3.63) is 53.1 Å². The van der Waals surface area contributed by atoms with E-state index in [9.17, 15) is 19.9 Å². The normalized spacial score (nSPS) is 10.1. The fourth-order valence-corrected chi connectivity index (χ4v) is 2.34. The Morgan fingerprint density at radius 1 is 1.14 bits per heavy atom. The molecule has 0 atom stereocenters. The van der Waals surface area contributed by atoms with Gasteiger partial charge in [-0.25, -0.2) is 0 Å². The van der Waals surface area contributed by atoms with Crippen LogP contribution in [-0.4, -0.2) is 45.7 Å². The molecule has 1 aromatic heterocycles. The van der Waals surface area contributed by atoms with Crippen LogP contribution in [-0.2, 0) is 0 Å². The minimum absolute atomic E-state index is 0. The van der Waals surface area contributed by atoms with Gasteiger partial charge >= 0.3 is 0 Å². The van der Waals surface area contributed by atoms with Gasteiger partial charge in [0.2, 0.25) is 0 Å². The minimum Gasteiger partial charge on any atom is -0.870 e. The third-order valence-corrected chi connectivity index (χ3v) is 3.62. The zero-order valence-corrected chi connectivity index (χ0v) is 14.9. The topological polar surface area (TPSA) is 155 Å². The lowest BCUT2D eigenvalue weighted by Gasteiger charge is -2.11. The molecule has 0 aliphatic heterocycles. The summed E-state index contributed by atoms with van der Waals surface area (Å²) in [6.07, 6.45) is 0. The molecule has 0 saturated heterocycles. The Labute approximate surface area is 158 Å². The first-order valence-corrected chi connectivity index (χ1v) is 7.75. The van der Waals surface area contributed by atoms with Crippen molar-refractivity contribution in [3.63, 3.8) is 0 Å². The van der Waals surface area contributed by atoms with Crippen LogP contribution < -0.4 is 4.74 Å². The Hall–Kier alpha value is -3.92. The third kappa shape index (κ3) is 4.07. The van der Waals surface area contributed by atoms with E-state index in [1.165, 1.54) is 41.3 Å². The van der Waals surface area contributed by atoms with Crippen LogP contribution in [0.5, 0.6) is 23.0 Å². The van der Waals surface area contributed by atoms with Gasteiger partial charge < -0.3 is 29.8 Å². The summed E-state index contributed by atoms with van der Waals surface area (Å²) in [6, 6.07) is 9.65. The lowest BCUT2D eigenvalue weighted by molar-refractivity contribution is 0.0817. The van der Waals surface area contributed by atoms with Gasteiger partial charge in [0.25, 0.3) is 5.91 Å². The molecule has 0 saturated carbocycles. The van der Waals surface area contributed by atoms with Gasteiger partial charge in [0, 0.05) is 32.3 Å². The molecule has 3 rings (SSSR count). The minimum atomic E-state index is -0.373. The predicted molar refractivity (Wildman–Crippen MR) is 97.2 cm³/mol. The van der Waals surface area contributed by atoms with Crippen molar-refractivity contribution >= 4 is 11.6 Å². The molecule has 3 N–H and O–H groups in total. The molecule has 1 heterocycles. The lowest BCUT2D eigenvalue weighted by Crippen LogP contribution is -2.21. The van der Waals surface area contributed by atoms with Gasteiger partial charge in [0.1, 0.15) is 34.2 Å². The molecule has 2 aromatic carbocycles. The molecular formula is C18H16N3O7-. The number of benzene rings is 2. The van der Waals surface area contributed by atoms with Crippen molar-refractivity contribution in [1.82, 2.24) is 10.1 Å². The molecule has 10 nitrogen and oxygen atoms in total. The SMILES string of the molecule is CN(C)C(=O)c1cc(-c2c(O)cc(O)cc2Oc2ccc(N=O)cc2)on1.[OH-]. The summed E-state index contributed by atoms with van der Waals surface area (Å²) < 4.78 is 10.9. The maximum absolute atomic E-state index is 12.0. The van der Waals surface area contributed by atoms with E-state index in [2.05, 4.69) is 10.3 Å². The molecule has 0 fully saturated rings. The quantitative estimate of drug-likeness (QED) is 0.631. The number of aromatic nitrogens is 1. The highest BCUT2D eigenvalue weighted by molar-refractivity contribution is 5.93. The number of carbonyl (C=O) groups is 1. The summed E-state index contributed by atoms with van der Waals surface area (Å²) in [5, 5.41) is 26.6. The summed E-state index contributed by atoms with van der Waals surface area (Å²) >= 11 is 0. The Kier molecular flexibility index (Phi) is 5.96. The highest BCUT2D eigenvalue weighted by Crippen LogP contribution is 2.43. The van der Waals surface area contributed by atoms with E-state index in [0.29, 0.717) is 5.75 Å². The maximum Gasteiger partial charge on any atom is 0.275 e. The second-order valence-electron chi connectivity index (χ2n) is 5.80. The number of rotatable bonds is 5. The molecule has 3 aromatic rings. The van der Waals surface area contributed by atoms with E-state index in [4.69, 9.17) is 9.26 Å². The van der Waals surface area contributed by atoms with Gasteiger partial charge in [-0.05, 0) is 29.4 Å². The number of aromatic hydroxyl groups is 2. The second-order valence-corrected chi connectivity index (χ2v) is 5.80. The van der Waals surface area contributed by atoms with Crippen LogP contribution in [0.4, 0.5) is 5.69 Å². The van der Waals surface area contributed by atoms with E-state index in [1.807, 2.05) is 0 Å². The average molecular weight is 386 g/mol. The van der Waals surface area contributed by atoms with Crippen molar-refractivity contribution in [3.8, 4) is 34.3 Å². The highest BCUT2D eigenvalue weighted by Gasteiger charge is 2.22. The Bertz CT molecular complexity index is 997. The fourth-order valence-electron chi connectivity index (χ4n) is 2.34. The summed E-state index contributed by atoms with van der Waals surface area (Å²) in [4.78, 5) is 23.8. The van der Waals surface area contributed by atoms with Crippen LogP contribution >= 0.6 is 0 Å². The third-order valence-electron chi connectivity index (χ3n) is 3.62. The average Bonchev–Trinajstić information content (AvgIpc) is 3.10. The maximum atomic E-state index is 12.0. The van der Waals surface area contributed by atoms with E-state index < -0.39 is 0 Å². The number of ether oxygens (including phenoxy) is 1. The summed E-state index contributed by atoms with van der Waals surface area (Å²) in [5.74, 6) is -0.448. The fraction of sp³-hybridized carbons (Fsp3) is 0.111. The zero-order chi connectivity index (χ0) is 19.6. The highest BCUT2D eigenvalue weighted by atomic mass is 16.5. The van der Waals surface area contributed by atoms with Crippen molar-refractivity contribution in [2.45, 2.75) is 0 Å². The Balaban J connectivity index is 0.00000280. The number of nitrogens with zero attached hydrogens (tertiary/aromatic N) is 3. The molecular weight excluding hydrogens is 370 g/mol. The molecule has 1 amide bonds. The van der Waals surface area contributed by atoms with Crippen molar-refractivity contribution in [2.24, 2.45) is 5.18 Å². The van der Waals surface area contributed by atoms with E-state index in [-0.39, 0.29) is 51.3 Å². The Morgan fingerprint density at radius 3 is 2.43 bits per heavy atom. The van der Waals surface area contributed by atoms with Crippen LogP contribution in [0.25, 0.3) is 11.3 Å². The smallest absolute Gasteiger partial charge is 0.275 e. The number of hydrogen-bond donors (Lipinski definition) is 2. The molecule has 0 aliphatic carbocycles. The van der Waals surface area contributed by atoms with Gasteiger partial charge in [-0.15, -0.1) is 4.91 Å². The number of nitroso groups, excluding NO2 is 1. The summed E-state index contributed by atoms with van der Waals surface area (Å²) in [7, 11) is 3.14. The molecule has 0 unspecified atom stereocenters. The van der Waals surface area contributed by atoms with Crippen molar-refractivity contribution in [1.29, 1.82) is 0 Å². The molecule has 0 spiro atoms. The second kappa shape index (κ2) is 8.18. The first-order valence-electron chi connectivity index (χ1n) is 7.75. The van der Waals surface area contributed by atoms with E-state index in [1.54, 1.807) is 14.1 Å². The van der Waals surface area contributed by atoms with Crippen LogP contribution in [0.3, 0.4) is 0 Å². The van der Waals surface area contributed by atoms with E-state index >= 15 is 0 Å². The van der Waals surface area contributed by atoms with Crippen LogP contribution in [0.15, 0.2) is 52.2 Å². The number of phenols is 2. The molecule has 28 heavy (non-hydrogen) atoms. The Morgan fingerprint density at radius 2 is 1.82 bits per heavy atom. The summed E-state index contributed by atoms with van der Waals surface area (Å²) in [6.45, 7) is 0. The number of amides is 1. The standard InChI is InChI=1S/C18H15N3O6.H2O/c1-21(2)18(24)13-9-16(27-20-13)17-14(23)7-11(22)8-15(17)26-12-5-3-10(19-25)4-6-12;/h3-9,22-23H,1-2H3;1H2/p-1. The largest absolute Gasteiger partial charge is 0.870 e. The van der Waals surface area contributed by atoms with Gasteiger partial charge in [0.05, 0.1) is 0 Å². The molecule has 146 valence electrons. The monoisotopic (exact) mass is 386 g/mol. The number of phenolic OH excluding ortho intramolecular Hbond substituents is 2. The first-order chi connectivity index (χ1) is 12.9. The van der Waals surface area contributed by atoms with Gasteiger partial charge in [-0.3, -0.25) is 4.79 Å². The molecule has 0 bridgehead atoms. The molecule has 0 radical (unpaired) electrons. The van der Waals surface area contributed by atoms with Crippen LogP contribution in [0, 0.1) is 4.91 Å². The first kappa shape index (κ1) is 20.4.